The van der Waals surface area contributed by atoms with Gasteiger partial charge in [-0.1, -0.05) is 12.1 Å². The van der Waals surface area contributed by atoms with Crippen LogP contribution in [0.4, 0.5) is 18.9 Å². The van der Waals surface area contributed by atoms with Gasteiger partial charge in [0.25, 0.3) is 11.5 Å². The van der Waals surface area contributed by atoms with E-state index < -0.39 is 23.4 Å². The highest BCUT2D eigenvalue weighted by Gasteiger charge is 2.28. The molecule has 0 aliphatic carbocycles. The first kappa shape index (κ1) is 17.5. The van der Waals surface area contributed by atoms with E-state index in [9.17, 15) is 22.8 Å². The molecule has 2 aromatic heterocycles. The quantitative estimate of drug-likeness (QED) is 0.696. The molecule has 1 aromatic carbocycles. The van der Waals surface area contributed by atoms with E-state index in [1.54, 1.807) is 17.5 Å². The van der Waals surface area contributed by atoms with Gasteiger partial charge in [0.2, 0.25) is 0 Å². The van der Waals surface area contributed by atoms with Gasteiger partial charge in [-0.3, -0.25) is 14.0 Å². The maximum atomic E-state index is 12.4. The van der Waals surface area contributed by atoms with Crippen LogP contribution in [-0.2, 0) is 0 Å². The molecule has 0 radical (unpaired) electrons. The van der Waals surface area contributed by atoms with Crippen LogP contribution in [0, 0.1) is 0 Å². The van der Waals surface area contributed by atoms with Crippen molar-refractivity contribution in [2.24, 2.45) is 0 Å². The van der Waals surface area contributed by atoms with Crippen molar-refractivity contribution >= 4 is 39.7 Å². The number of para-hydroxylation sites is 1. The average molecular weight is 385 g/mol. The van der Waals surface area contributed by atoms with Crippen LogP contribution < -0.4 is 10.9 Å². The second kappa shape index (κ2) is 6.89. The van der Waals surface area contributed by atoms with E-state index in [1.807, 2.05) is 0 Å². The summed E-state index contributed by atoms with van der Waals surface area (Å²) in [6.45, 7) is 0. The van der Waals surface area contributed by atoms with E-state index in [1.165, 1.54) is 34.1 Å². The number of alkyl halides is 3. The van der Waals surface area contributed by atoms with Crippen molar-refractivity contribution in [3.8, 4) is 0 Å². The van der Waals surface area contributed by atoms with E-state index in [4.69, 9.17) is 0 Å². The molecule has 0 saturated carbocycles. The number of carbonyl (C=O) groups is 1. The first-order chi connectivity index (χ1) is 11.8. The predicted octanol–water partition coefficient (Wildman–Crippen LogP) is 3.66. The van der Waals surface area contributed by atoms with Crippen molar-refractivity contribution < 1.29 is 18.0 Å². The number of hydrogen-bond acceptors (Lipinski definition) is 5. The predicted molar refractivity (Wildman–Crippen MR) is 90.5 cm³/mol. The molecular weight excluding hydrogens is 375 g/mol. The molecule has 10 heteroatoms. The minimum atomic E-state index is -4.32. The summed E-state index contributed by atoms with van der Waals surface area (Å²) >= 11 is 1.81. The molecule has 2 heterocycles. The van der Waals surface area contributed by atoms with Crippen LogP contribution in [0.5, 0.6) is 0 Å². The first-order valence-electron chi connectivity index (χ1n) is 6.90. The van der Waals surface area contributed by atoms with Gasteiger partial charge in [0, 0.05) is 22.7 Å². The number of benzene rings is 1. The molecule has 0 fully saturated rings. The van der Waals surface area contributed by atoms with Gasteiger partial charge in [-0.05, 0) is 12.1 Å². The zero-order valence-electron chi connectivity index (χ0n) is 12.4. The molecule has 0 atom stereocenters. The molecule has 1 N–H and O–H groups in total. The number of thioether (sulfide) groups is 1. The molecule has 0 spiro atoms. The molecule has 3 aromatic rings. The van der Waals surface area contributed by atoms with Gasteiger partial charge in [-0.25, -0.2) is 4.98 Å². The van der Waals surface area contributed by atoms with Gasteiger partial charge < -0.3 is 5.32 Å². The molecule has 5 nitrogen and oxygen atoms in total. The second-order valence-electron chi connectivity index (χ2n) is 4.89. The number of anilines is 1. The Morgan fingerprint density at radius 2 is 2.08 bits per heavy atom. The summed E-state index contributed by atoms with van der Waals surface area (Å²) in [5, 5.41) is 4.14. The Kier molecular flexibility index (Phi) is 4.82. The molecule has 1 amide bonds. The summed E-state index contributed by atoms with van der Waals surface area (Å²) in [6.07, 6.45) is -1.66. The van der Waals surface area contributed by atoms with Gasteiger partial charge in [-0.2, -0.15) is 13.2 Å². The van der Waals surface area contributed by atoms with Crippen LogP contribution in [0.25, 0.3) is 4.96 Å². The maximum Gasteiger partial charge on any atom is 0.398 e. The molecule has 25 heavy (non-hydrogen) atoms. The van der Waals surface area contributed by atoms with Crippen LogP contribution in [0.2, 0.25) is 0 Å². The number of carbonyl (C=O) groups excluding carboxylic acids is 1. The molecule has 130 valence electrons. The lowest BCUT2D eigenvalue weighted by molar-refractivity contribution is -0.105. The van der Waals surface area contributed by atoms with Crippen LogP contribution in [-0.4, -0.2) is 27.2 Å². The van der Waals surface area contributed by atoms with Crippen LogP contribution >= 0.6 is 23.1 Å². The van der Waals surface area contributed by atoms with Crippen LogP contribution in [0.3, 0.4) is 0 Å². The van der Waals surface area contributed by atoms with Crippen molar-refractivity contribution in [1.29, 1.82) is 0 Å². The highest BCUT2D eigenvalue weighted by atomic mass is 32.2. The summed E-state index contributed by atoms with van der Waals surface area (Å²) in [4.78, 5) is 29.4. The van der Waals surface area contributed by atoms with Gasteiger partial charge in [0.1, 0.15) is 5.56 Å². The summed E-state index contributed by atoms with van der Waals surface area (Å²) in [5.41, 5.74) is -0.521. The Morgan fingerprint density at radius 1 is 1.32 bits per heavy atom. The lowest BCUT2D eigenvalue weighted by Gasteiger charge is -2.11. The Balaban J connectivity index is 1.85. The highest BCUT2D eigenvalue weighted by molar-refractivity contribution is 7.99. The zero-order valence-corrected chi connectivity index (χ0v) is 14.0. The summed E-state index contributed by atoms with van der Waals surface area (Å²) in [5.74, 6) is -1.80. The molecule has 0 aliphatic rings. The van der Waals surface area contributed by atoms with E-state index in [-0.39, 0.29) is 16.1 Å². The molecule has 0 unspecified atom stereocenters. The highest BCUT2D eigenvalue weighted by Crippen LogP contribution is 2.32. The number of thiazole rings is 1. The van der Waals surface area contributed by atoms with Gasteiger partial charge in [0.05, 0.1) is 11.4 Å². The third kappa shape index (κ3) is 4.02. The number of amides is 1. The Labute approximate surface area is 147 Å². The Bertz CT molecular complexity index is 982. The second-order valence-corrected chi connectivity index (χ2v) is 6.78. The Hall–Kier alpha value is -2.33. The van der Waals surface area contributed by atoms with Gasteiger partial charge in [-0.15, -0.1) is 23.1 Å². The molecule has 0 saturated heterocycles. The molecular formula is C15H10F3N3O2S2. The fourth-order valence-electron chi connectivity index (χ4n) is 2.03. The number of hydrogen-bond donors (Lipinski definition) is 1. The van der Waals surface area contributed by atoms with Crippen molar-refractivity contribution in [2.45, 2.75) is 11.1 Å². The number of nitrogens with zero attached hydrogens (tertiary/aromatic N) is 2. The number of fused-ring (bicyclic) bond motifs is 1. The smallest absolute Gasteiger partial charge is 0.321 e. The maximum absolute atomic E-state index is 12.4. The zero-order chi connectivity index (χ0) is 18.0. The van der Waals surface area contributed by atoms with Crippen molar-refractivity contribution in [3.63, 3.8) is 0 Å². The van der Waals surface area contributed by atoms with E-state index in [2.05, 4.69) is 10.3 Å². The van der Waals surface area contributed by atoms with E-state index in [0.29, 0.717) is 16.7 Å². The standard InChI is InChI=1S/C15H10F3N3O2S2/c16-15(17,18)8-25-11-4-2-1-3-10(11)20-12(22)9-7-19-14-21(13(9)23)5-6-24-14/h1-7H,8H2,(H,20,22). The number of nitrogens with one attached hydrogen (secondary N) is 1. The van der Waals surface area contributed by atoms with Crippen molar-refractivity contribution in [2.75, 3.05) is 11.1 Å². The van der Waals surface area contributed by atoms with Gasteiger partial charge >= 0.3 is 6.18 Å². The average Bonchev–Trinajstić information content (AvgIpc) is 3.03. The lowest BCUT2D eigenvalue weighted by Crippen LogP contribution is -2.26. The number of rotatable bonds is 4. The van der Waals surface area contributed by atoms with Gasteiger partial charge in [0.15, 0.2) is 4.96 Å². The molecule has 3 rings (SSSR count). The van der Waals surface area contributed by atoms with Crippen LogP contribution in [0.1, 0.15) is 10.4 Å². The monoisotopic (exact) mass is 385 g/mol. The van der Waals surface area contributed by atoms with Crippen LogP contribution in [0.15, 0.2) is 51.7 Å². The molecule has 0 aliphatic heterocycles. The third-order valence-electron chi connectivity index (χ3n) is 3.11. The SMILES string of the molecule is O=C(Nc1ccccc1SCC(F)(F)F)c1cnc2sccn2c1=O. The number of halogens is 3. The minimum absolute atomic E-state index is 0.188. The van der Waals surface area contributed by atoms with Crippen molar-refractivity contribution in [3.05, 3.63) is 58.0 Å². The first-order valence-corrected chi connectivity index (χ1v) is 8.76. The summed E-state index contributed by atoms with van der Waals surface area (Å²) < 4.78 is 38.5. The van der Waals surface area contributed by atoms with Crippen molar-refractivity contribution in [1.82, 2.24) is 9.38 Å². The third-order valence-corrected chi connectivity index (χ3v) is 5.02. The van der Waals surface area contributed by atoms with E-state index in [0.717, 1.165) is 6.20 Å². The topological polar surface area (TPSA) is 63.5 Å². The van der Waals surface area contributed by atoms with E-state index >= 15 is 0 Å². The molecule has 0 bridgehead atoms. The fourth-order valence-corrected chi connectivity index (χ4v) is 3.47. The fraction of sp³-hybridized carbons (Fsp3) is 0.133. The summed E-state index contributed by atoms with van der Waals surface area (Å²) in [6, 6.07) is 6.10. The number of aromatic nitrogens is 2. The Morgan fingerprint density at radius 3 is 2.84 bits per heavy atom. The largest absolute Gasteiger partial charge is 0.398 e. The normalized spacial score (nSPS) is 11.6. The lowest BCUT2D eigenvalue weighted by atomic mass is 10.2. The minimum Gasteiger partial charge on any atom is -0.321 e. The summed E-state index contributed by atoms with van der Waals surface area (Å²) in [7, 11) is 0.